The van der Waals surface area contributed by atoms with Crippen molar-refractivity contribution in [3.63, 3.8) is 0 Å². The minimum absolute atomic E-state index is 0.0991. The van der Waals surface area contributed by atoms with Gasteiger partial charge in [-0.3, -0.25) is 0 Å². The topological polar surface area (TPSA) is 27.7 Å². The lowest BCUT2D eigenvalue weighted by Gasteiger charge is -2.46. The first-order valence-electron chi connectivity index (χ1n) is 19.9. The van der Waals surface area contributed by atoms with Gasteiger partial charge >= 0.3 is 18.1 Å². The number of hydrogen-bond donors (Lipinski definition) is 0. The Morgan fingerprint density at radius 1 is 0.386 bits per heavy atom. The summed E-state index contributed by atoms with van der Waals surface area (Å²) in [5, 5.41) is -0.682. The molecule has 70 heavy (non-hydrogen) atoms. The van der Waals surface area contributed by atoms with E-state index >= 15 is 70.2 Å². The highest BCUT2D eigenvalue weighted by molar-refractivity contribution is 7.95. The minimum atomic E-state index is -5.83. The molecule has 3 nitrogen and oxygen atoms in total. The fourth-order valence-electron chi connectivity index (χ4n) is 10.1. The standard InChI is InChI=1S/C43H23B2F20O3PS/c1-13-7-5-8-14(2)41(13)69(42-15(3)9-6-10-16(42)4)12-11-44(17-21(46)29(54)37(62)30(55)22(17)47,18-23(48)31(56)38(63)32(57)24(18)49)67-70-66-43(69)45(68-70,19-25(50)33(58)39(64)34(59)26(19)51)20-27(52)35(60)40(65)36(61)28(20)53/h5-10,43H,11-12H2,1-4H3/t43-,70?/m0/s1. The monoisotopic (exact) mass is 1050 g/mol. The van der Waals surface area contributed by atoms with E-state index in [1.165, 1.54) is 64.1 Å². The Bertz CT molecular complexity index is 2920. The average Bonchev–Trinajstić information content (AvgIpc) is 3.69. The van der Waals surface area contributed by atoms with E-state index in [2.05, 4.69) is 0 Å². The zero-order valence-corrected chi connectivity index (χ0v) is 37.0. The summed E-state index contributed by atoms with van der Waals surface area (Å²) in [6.07, 6.45) is -14.8. The molecular formula is C43H23B2F20O3PS. The maximum Gasteiger partial charge on any atom is 0.413 e. The molecule has 0 spiro atoms. The van der Waals surface area contributed by atoms with Gasteiger partial charge in [0.05, 0.1) is 7.26 Å². The molecule has 6 aromatic rings. The molecule has 0 saturated carbocycles. The third-order valence-corrected chi connectivity index (χ3v) is 19.6. The Kier molecular flexibility index (Phi) is 12.8. The van der Waals surface area contributed by atoms with Crippen LogP contribution in [0.15, 0.2) is 36.4 Å². The summed E-state index contributed by atoms with van der Waals surface area (Å²) in [4.78, 5) is 0. The van der Waals surface area contributed by atoms with Gasteiger partial charge in [-0.15, -0.1) is 10.5 Å². The number of hydrogen-bond acceptors (Lipinski definition) is 3. The number of halogens is 20. The van der Waals surface area contributed by atoms with Crippen LogP contribution >= 0.6 is 7.26 Å². The lowest BCUT2D eigenvalue weighted by molar-refractivity contribution is 0.345. The molecule has 0 N–H and O–H groups in total. The van der Waals surface area contributed by atoms with Crippen LogP contribution in [0.5, 0.6) is 0 Å². The van der Waals surface area contributed by atoms with Crippen LogP contribution in [0.4, 0.5) is 87.8 Å². The summed E-state index contributed by atoms with van der Waals surface area (Å²) in [6.45, 7) is 4.89. The highest BCUT2D eigenvalue weighted by Gasteiger charge is 2.75. The van der Waals surface area contributed by atoms with Crippen LogP contribution < -0.4 is 32.5 Å². The smallest absolute Gasteiger partial charge is 0.325 e. The van der Waals surface area contributed by atoms with Gasteiger partial charge in [0.2, 0.25) is 0 Å². The molecule has 0 aromatic heterocycles. The summed E-state index contributed by atoms with van der Waals surface area (Å²) < 4.78 is 336. The quantitative estimate of drug-likeness (QED) is 0.0416. The van der Waals surface area contributed by atoms with Gasteiger partial charge in [0.1, 0.15) is 57.1 Å². The lowest BCUT2D eigenvalue weighted by atomic mass is 9.30. The van der Waals surface area contributed by atoms with Crippen molar-refractivity contribution < 1.29 is 100 Å². The van der Waals surface area contributed by atoms with Gasteiger partial charge < -0.3 is 8.20 Å². The Morgan fingerprint density at radius 2 is 0.643 bits per heavy atom. The van der Waals surface area contributed by atoms with Crippen molar-refractivity contribution in [2.75, 3.05) is 6.16 Å². The van der Waals surface area contributed by atoms with E-state index in [0.717, 1.165) is 0 Å². The minimum Gasteiger partial charge on any atom is -0.325 e. The Balaban J connectivity index is 1.72. The molecule has 2 fully saturated rings. The summed E-state index contributed by atoms with van der Waals surface area (Å²) in [7, 11) is -5.18. The molecule has 27 heteroatoms. The van der Waals surface area contributed by atoms with Gasteiger partial charge in [-0.05, 0) is 49.9 Å². The largest absolute Gasteiger partial charge is 0.413 e. The van der Waals surface area contributed by atoms with E-state index in [1.54, 1.807) is 0 Å². The molecule has 2 aliphatic heterocycles. The van der Waals surface area contributed by atoms with Crippen LogP contribution in [0, 0.1) is 144 Å². The predicted molar refractivity (Wildman–Crippen MR) is 217 cm³/mol. The first-order chi connectivity index (χ1) is 32.7. The van der Waals surface area contributed by atoms with Gasteiger partial charge in [0, 0.05) is 6.16 Å². The summed E-state index contributed by atoms with van der Waals surface area (Å²) >= 11 is -4.11. The van der Waals surface area contributed by atoms with E-state index in [0.29, 0.717) is 0 Å². The summed E-state index contributed by atoms with van der Waals surface area (Å²) in [5.74, 6) is -63.8. The SMILES string of the molecule is Cc1cccc(C)c1[P+]1(c2c(C)cccc2C)CC[B-](c2c(F)c(F)c(F)c(F)c2F)(c2c(F)c(F)c(F)c(F)c2F)O[S+]2O[C@@H]1[B-](c1c(F)c(F)c(F)c(F)c1F)(c1c(F)c(F)c(F)c(F)c1F)O2. The van der Waals surface area contributed by atoms with Crippen LogP contribution in [0.1, 0.15) is 22.3 Å². The van der Waals surface area contributed by atoms with Crippen LogP contribution in [0.3, 0.4) is 0 Å². The first-order valence-corrected chi connectivity index (χ1v) is 22.9. The number of benzene rings is 6. The number of rotatable bonds is 6. The maximum absolute atomic E-state index is 16.9. The van der Waals surface area contributed by atoms with Crippen LogP contribution in [0.2, 0.25) is 6.32 Å². The zero-order chi connectivity index (χ0) is 51.8. The molecule has 2 bridgehead atoms. The van der Waals surface area contributed by atoms with Crippen molar-refractivity contribution in [1.82, 2.24) is 0 Å². The van der Waals surface area contributed by atoms with E-state index in [-0.39, 0.29) is 32.9 Å². The first kappa shape index (κ1) is 51.1. The Labute approximate surface area is 384 Å². The molecule has 0 radical (unpaired) electrons. The molecule has 370 valence electrons. The Hall–Kier alpha value is -5.29. The van der Waals surface area contributed by atoms with Gasteiger partial charge in [-0.2, -0.15) is 0 Å². The highest BCUT2D eigenvalue weighted by atomic mass is 32.3. The van der Waals surface area contributed by atoms with Crippen LogP contribution in [-0.2, 0) is 24.1 Å². The average molecular weight is 1050 g/mol. The van der Waals surface area contributed by atoms with Gasteiger partial charge in [0.25, 0.3) is 6.35 Å². The van der Waals surface area contributed by atoms with Crippen LogP contribution in [-0.4, -0.2) is 24.6 Å². The normalized spacial score (nSPS) is 18.3. The molecule has 1 unspecified atom stereocenters. The van der Waals surface area contributed by atoms with Crippen molar-refractivity contribution in [1.29, 1.82) is 0 Å². The number of aryl methyl sites for hydroxylation is 4. The van der Waals surface area contributed by atoms with Crippen molar-refractivity contribution in [3.05, 3.63) is 175 Å². The lowest BCUT2D eigenvalue weighted by Crippen LogP contribution is -2.72. The molecule has 2 aliphatic rings. The van der Waals surface area contributed by atoms with E-state index in [4.69, 9.17) is 12.4 Å². The molecule has 0 aliphatic carbocycles. The molecular weight excluding hydrogens is 1030 g/mol. The van der Waals surface area contributed by atoms with Gasteiger partial charge in [-0.1, -0.05) is 58.2 Å². The van der Waals surface area contributed by atoms with Crippen molar-refractivity contribution in [2.45, 2.75) is 39.8 Å². The second-order valence-electron chi connectivity index (χ2n) is 16.5. The fraction of sp³-hybridized carbons (Fsp3) is 0.163. The van der Waals surface area contributed by atoms with Gasteiger partial charge in [0.15, 0.2) is 75.6 Å². The number of fused-ring (bicyclic) bond motifs is 2. The van der Waals surface area contributed by atoms with E-state index in [9.17, 15) is 17.6 Å². The van der Waals surface area contributed by atoms with Crippen LogP contribution in [0.25, 0.3) is 0 Å². The molecule has 2 atom stereocenters. The maximum atomic E-state index is 16.9. The zero-order valence-electron chi connectivity index (χ0n) is 35.2. The molecule has 2 heterocycles. The summed E-state index contributed by atoms with van der Waals surface area (Å²) in [6, 6.07) is 7.51. The van der Waals surface area contributed by atoms with E-state index in [1.807, 2.05) is 0 Å². The third-order valence-electron chi connectivity index (χ3n) is 12.8. The summed E-state index contributed by atoms with van der Waals surface area (Å²) in [5.41, 5.74) is -10.7. The second-order valence-corrected chi connectivity index (χ2v) is 21.1. The van der Waals surface area contributed by atoms with E-state index < -0.39 is 188 Å². The molecule has 8 rings (SSSR count). The molecule has 2 saturated heterocycles. The second kappa shape index (κ2) is 17.5. The highest BCUT2D eigenvalue weighted by Crippen LogP contribution is 2.69. The molecule has 0 amide bonds. The van der Waals surface area contributed by atoms with Crippen molar-refractivity contribution in [2.24, 2.45) is 0 Å². The van der Waals surface area contributed by atoms with Gasteiger partial charge in [-0.25, -0.2) is 87.8 Å². The molecule has 6 aromatic carbocycles. The van der Waals surface area contributed by atoms with Crippen molar-refractivity contribution in [3.8, 4) is 0 Å². The Morgan fingerprint density at radius 3 is 0.929 bits per heavy atom. The third kappa shape index (κ3) is 6.78. The fourth-order valence-corrected chi connectivity index (χ4v) is 18.6. The predicted octanol–water partition coefficient (Wildman–Crippen LogP) is 9.50. The van der Waals surface area contributed by atoms with Crippen molar-refractivity contribution >= 4 is 64.2 Å².